The maximum absolute atomic E-state index is 5.75. The summed E-state index contributed by atoms with van der Waals surface area (Å²) in [6, 6.07) is 3.14. The summed E-state index contributed by atoms with van der Waals surface area (Å²) in [4.78, 5) is 17.5. The predicted molar refractivity (Wildman–Crippen MR) is 166 cm³/mol. The maximum atomic E-state index is 5.75. The van der Waals surface area contributed by atoms with E-state index in [1.165, 1.54) is 25.9 Å². The number of ether oxygens (including phenoxy) is 1. The molecule has 0 unspecified atom stereocenters. The van der Waals surface area contributed by atoms with Gasteiger partial charge in [-0.2, -0.15) is 4.98 Å². The van der Waals surface area contributed by atoms with Crippen molar-refractivity contribution in [3.05, 3.63) is 41.3 Å². The highest BCUT2D eigenvalue weighted by Crippen LogP contribution is 2.23. The largest absolute Gasteiger partial charge is 0.496 e. The summed E-state index contributed by atoms with van der Waals surface area (Å²) in [5.74, 6) is 2.58. The number of nitrogens with zero attached hydrogens (tertiary/aromatic N) is 5. The summed E-state index contributed by atoms with van der Waals surface area (Å²) < 4.78 is 5.75. The average molecular weight is 539 g/mol. The van der Waals surface area contributed by atoms with E-state index in [0.29, 0.717) is 12.1 Å². The molecule has 0 spiro atoms. The highest BCUT2D eigenvalue weighted by Gasteiger charge is 2.22. The van der Waals surface area contributed by atoms with Crippen LogP contribution in [0.15, 0.2) is 35.6 Å². The first kappa shape index (κ1) is 31.2. The standard InChI is InChI=1S/C32H54N6O/c1-7-10-21-37(9-3)32-34-29(25-31(35-32)33-28-16-22-38(23-17-28)26(4)5)24-27(30(8-2)39-6)15-11-12-18-36-19-13-14-20-36/h8,11,15,24-26,28H,7,9-10,12-14,16-23H2,1-6H3,(H,33,34,35)/b15-11+,27-24-,30-8+. The van der Waals surface area contributed by atoms with E-state index in [1.807, 2.05) is 13.0 Å². The minimum Gasteiger partial charge on any atom is -0.496 e. The smallest absolute Gasteiger partial charge is 0.227 e. The van der Waals surface area contributed by atoms with Crippen molar-refractivity contribution >= 4 is 17.8 Å². The van der Waals surface area contributed by atoms with E-state index in [-0.39, 0.29) is 0 Å². The van der Waals surface area contributed by atoms with E-state index >= 15 is 0 Å². The molecule has 0 aromatic carbocycles. The fraction of sp³-hybridized carbons (Fsp3) is 0.688. The van der Waals surface area contributed by atoms with Crippen LogP contribution >= 0.6 is 0 Å². The van der Waals surface area contributed by atoms with Gasteiger partial charge in [0, 0.05) is 56.4 Å². The monoisotopic (exact) mass is 538 g/mol. The number of hydrogen-bond acceptors (Lipinski definition) is 7. The minimum atomic E-state index is 0.431. The number of anilines is 2. The molecular weight excluding hydrogens is 484 g/mol. The van der Waals surface area contributed by atoms with Gasteiger partial charge in [0.2, 0.25) is 5.95 Å². The fourth-order valence-electron chi connectivity index (χ4n) is 5.50. The zero-order valence-electron chi connectivity index (χ0n) is 25.6. The van der Waals surface area contributed by atoms with Gasteiger partial charge in [0.15, 0.2) is 0 Å². The lowest BCUT2D eigenvalue weighted by Gasteiger charge is -2.35. The highest BCUT2D eigenvalue weighted by atomic mass is 16.5. The van der Waals surface area contributed by atoms with Gasteiger partial charge in [-0.1, -0.05) is 25.5 Å². The van der Waals surface area contributed by atoms with Crippen LogP contribution in [0.1, 0.15) is 85.3 Å². The van der Waals surface area contributed by atoms with Crippen molar-refractivity contribution < 1.29 is 4.74 Å². The summed E-state index contributed by atoms with van der Waals surface area (Å²) in [5.41, 5.74) is 1.95. The Labute approximate surface area is 238 Å². The van der Waals surface area contributed by atoms with E-state index in [2.05, 4.69) is 72.0 Å². The molecule has 1 N–H and O–H groups in total. The molecule has 0 saturated carbocycles. The van der Waals surface area contributed by atoms with Gasteiger partial charge in [0.05, 0.1) is 12.8 Å². The van der Waals surface area contributed by atoms with E-state index in [4.69, 9.17) is 14.7 Å². The number of piperidine rings is 1. The number of rotatable bonds is 15. The third-order valence-corrected chi connectivity index (χ3v) is 7.97. The second-order valence-corrected chi connectivity index (χ2v) is 11.2. The Kier molecular flexibility index (Phi) is 13.3. The zero-order chi connectivity index (χ0) is 28.0. The molecule has 0 aliphatic carbocycles. The molecule has 2 saturated heterocycles. The molecular formula is C32H54N6O. The molecule has 3 rings (SSSR count). The van der Waals surface area contributed by atoms with Crippen LogP contribution in [0.2, 0.25) is 0 Å². The Balaban J connectivity index is 1.86. The third-order valence-electron chi connectivity index (χ3n) is 7.97. The molecule has 7 nitrogen and oxygen atoms in total. The van der Waals surface area contributed by atoms with Crippen molar-refractivity contribution in [1.82, 2.24) is 19.8 Å². The van der Waals surface area contributed by atoms with Crippen molar-refractivity contribution in [1.29, 1.82) is 0 Å². The molecule has 1 aromatic heterocycles. The van der Waals surface area contributed by atoms with Gasteiger partial charge >= 0.3 is 0 Å². The fourth-order valence-corrected chi connectivity index (χ4v) is 5.50. The van der Waals surface area contributed by atoms with Crippen molar-refractivity contribution in [2.45, 2.75) is 91.6 Å². The quantitative estimate of drug-likeness (QED) is 0.206. The van der Waals surface area contributed by atoms with Crippen molar-refractivity contribution in [2.75, 3.05) is 63.1 Å². The molecule has 39 heavy (non-hydrogen) atoms. The molecule has 2 fully saturated rings. The zero-order valence-corrected chi connectivity index (χ0v) is 25.6. The van der Waals surface area contributed by atoms with Crippen LogP contribution in [0.4, 0.5) is 11.8 Å². The maximum Gasteiger partial charge on any atom is 0.227 e. The van der Waals surface area contributed by atoms with Gasteiger partial charge in [-0.05, 0) is 91.5 Å². The third kappa shape index (κ3) is 9.95. The van der Waals surface area contributed by atoms with Crippen molar-refractivity contribution in [3.63, 3.8) is 0 Å². The molecule has 0 bridgehead atoms. The number of hydrogen-bond donors (Lipinski definition) is 1. The normalized spacial score (nSPS) is 18.4. The predicted octanol–water partition coefficient (Wildman–Crippen LogP) is 6.36. The molecule has 1 aromatic rings. The van der Waals surface area contributed by atoms with Crippen molar-refractivity contribution in [3.8, 4) is 0 Å². The first-order valence-corrected chi connectivity index (χ1v) is 15.4. The van der Waals surface area contributed by atoms with E-state index < -0.39 is 0 Å². The van der Waals surface area contributed by atoms with Gasteiger partial charge in [-0.15, -0.1) is 0 Å². The van der Waals surface area contributed by atoms with Gasteiger partial charge in [-0.25, -0.2) is 4.98 Å². The second-order valence-electron chi connectivity index (χ2n) is 11.2. The summed E-state index contributed by atoms with van der Waals surface area (Å²) in [6.45, 7) is 18.7. The molecule has 7 heteroatoms. The highest BCUT2D eigenvalue weighted by molar-refractivity contribution is 5.62. The van der Waals surface area contributed by atoms with Crippen LogP contribution < -0.4 is 10.2 Å². The van der Waals surface area contributed by atoms with E-state index in [1.54, 1.807) is 7.11 Å². The number of nitrogens with one attached hydrogen (secondary N) is 1. The van der Waals surface area contributed by atoms with E-state index in [9.17, 15) is 0 Å². The number of unbranched alkanes of at least 4 members (excludes halogenated alkanes) is 1. The first-order valence-electron chi connectivity index (χ1n) is 15.4. The van der Waals surface area contributed by atoms with Crippen LogP contribution in [-0.2, 0) is 4.74 Å². The lowest BCUT2D eigenvalue weighted by Crippen LogP contribution is -2.42. The Bertz CT molecular complexity index is 942. The molecule has 218 valence electrons. The molecule has 0 amide bonds. The second kappa shape index (κ2) is 16.7. The van der Waals surface area contributed by atoms with Gasteiger partial charge in [0.1, 0.15) is 11.6 Å². The molecule has 2 aliphatic heterocycles. The average Bonchev–Trinajstić information content (AvgIpc) is 3.46. The lowest BCUT2D eigenvalue weighted by atomic mass is 10.0. The Morgan fingerprint density at radius 2 is 1.90 bits per heavy atom. The first-order chi connectivity index (χ1) is 19.0. The summed E-state index contributed by atoms with van der Waals surface area (Å²) in [5, 5.41) is 3.77. The molecule has 2 aliphatic rings. The summed E-state index contributed by atoms with van der Waals surface area (Å²) in [7, 11) is 1.74. The Hall–Kier alpha value is -2.38. The number of likely N-dealkylation sites (tertiary alicyclic amines) is 2. The Morgan fingerprint density at radius 3 is 2.51 bits per heavy atom. The number of allylic oxidation sites excluding steroid dienone is 2. The van der Waals surface area contributed by atoms with Crippen LogP contribution in [0.3, 0.4) is 0 Å². The SMILES string of the molecule is C\C=C(OC)/C(=C\c1cc(NC2CCN(C(C)C)CC2)nc(N(CC)CCCC)n1)/C=C/CCN1CCCC1. The van der Waals surface area contributed by atoms with Crippen molar-refractivity contribution in [2.24, 2.45) is 0 Å². The molecule has 3 heterocycles. The topological polar surface area (TPSA) is 56.8 Å². The van der Waals surface area contributed by atoms with Gasteiger partial charge < -0.3 is 24.8 Å². The summed E-state index contributed by atoms with van der Waals surface area (Å²) >= 11 is 0. The summed E-state index contributed by atoms with van der Waals surface area (Å²) in [6.07, 6.45) is 16.9. The number of methoxy groups -OCH3 is 1. The Morgan fingerprint density at radius 1 is 1.15 bits per heavy atom. The van der Waals surface area contributed by atoms with Gasteiger partial charge in [-0.3, -0.25) is 0 Å². The number of aromatic nitrogens is 2. The molecule has 0 atom stereocenters. The van der Waals surface area contributed by atoms with Gasteiger partial charge in [0.25, 0.3) is 0 Å². The van der Waals surface area contributed by atoms with Crippen LogP contribution in [0.5, 0.6) is 0 Å². The van der Waals surface area contributed by atoms with E-state index in [0.717, 1.165) is 93.6 Å². The van der Waals surface area contributed by atoms with Crippen LogP contribution in [-0.4, -0.2) is 84.8 Å². The minimum absolute atomic E-state index is 0.431. The lowest BCUT2D eigenvalue weighted by molar-refractivity contribution is 0.177. The molecule has 0 radical (unpaired) electrons. The van der Waals surface area contributed by atoms with Crippen LogP contribution in [0, 0.1) is 0 Å². The van der Waals surface area contributed by atoms with Crippen LogP contribution in [0.25, 0.3) is 6.08 Å².